The molecule has 0 aliphatic heterocycles. The zero-order valence-corrected chi connectivity index (χ0v) is 11.7. The Bertz CT molecular complexity index is 303. The van der Waals surface area contributed by atoms with Gasteiger partial charge >= 0.3 is 0 Å². The van der Waals surface area contributed by atoms with Crippen LogP contribution in [0.15, 0.2) is 24.3 Å². The van der Waals surface area contributed by atoms with Gasteiger partial charge in [-0.2, -0.15) is 0 Å². The van der Waals surface area contributed by atoms with E-state index in [1.54, 1.807) is 6.92 Å². The van der Waals surface area contributed by atoms with Crippen molar-refractivity contribution in [3.8, 4) is 5.75 Å². The Hall–Kier alpha value is -1.02. The molecule has 1 unspecified atom stereocenters. The fourth-order valence-corrected chi connectivity index (χ4v) is 1.96. The van der Waals surface area contributed by atoms with Crippen LogP contribution in [-0.4, -0.2) is 17.8 Å². The van der Waals surface area contributed by atoms with Gasteiger partial charge in [-0.25, -0.2) is 0 Å². The lowest BCUT2D eigenvalue weighted by molar-refractivity contribution is 0.195. The van der Waals surface area contributed by atoms with Gasteiger partial charge in [-0.1, -0.05) is 44.7 Å². The largest absolute Gasteiger partial charge is 0.494 e. The van der Waals surface area contributed by atoms with Gasteiger partial charge in [0.2, 0.25) is 0 Å². The summed E-state index contributed by atoms with van der Waals surface area (Å²) in [5.41, 5.74) is 1.15. The van der Waals surface area contributed by atoms with Crippen LogP contribution in [0, 0.1) is 0 Å². The molecule has 2 heteroatoms. The predicted octanol–water partition coefficient (Wildman–Crippen LogP) is 3.96. The first-order valence-electron chi connectivity index (χ1n) is 7.12. The van der Waals surface area contributed by atoms with Gasteiger partial charge in [0.25, 0.3) is 0 Å². The third-order valence-corrected chi connectivity index (χ3v) is 2.97. The van der Waals surface area contributed by atoms with Crippen LogP contribution in [0.25, 0.3) is 0 Å². The number of benzene rings is 1. The minimum absolute atomic E-state index is 0.282. The molecule has 0 radical (unpaired) electrons. The highest BCUT2D eigenvalue weighted by molar-refractivity contribution is 5.27. The fourth-order valence-electron chi connectivity index (χ4n) is 1.96. The lowest BCUT2D eigenvalue weighted by Gasteiger charge is -2.08. The average Bonchev–Trinajstić information content (AvgIpc) is 2.35. The molecule has 0 heterocycles. The van der Waals surface area contributed by atoms with E-state index < -0.39 is 0 Å². The lowest BCUT2D eigenvalue weighted by Crippen LogP contribution is -2.04. The molecule has 0 bridgehead atoms. The van der Waals surface area contributed by atoms with E-state index in [2.05, 4.69) is 6.92 Å². The zero-order valence-electron chi connectivity index (χ0n) is 11.7. The van der Waals surface area contributed by atoms with Crippen LogP contribution in [0.1, 0.15) is 51.5 Å². The van der Waals surface area contributed by atoms with E-state index in [-0.39, 0.29) is 6.10 Å². The summed E-state index contributed by atoms with van der Waals surface area (Å²) in [6.45, 7) is 4.84. The van der Waals surface area contributed by atoms with Gasteiger partial charge in [0.15, 0.2) is 0 Å². The number of rotatable bonds is 9. The SMILES string of the molecule is CCCCCCCOc1ccc(CC(C)O)cc1. The summed E-state index contributed by atoms with van der Waals surface area (Å²) < 4.78 is 5.68. The van der Waals surface area contributed by atoms with Crippen LogP contribution in [-0.2, 0) is 6.42 Å². The zero-order chi connectivity index (χ0) is 13.2. The molecular formula is C16H26O2. The summed E-state index contributed by atoms with van der Waals surface area (Å²) >= 11 is 0. The molecule has 0 aliphatic carbocycles. The third-order valence-electron chi connectivity index (χ3n) is 2.97. The smallest absolute Gasteiger partial charge is 0.119 e. The molecule has 0 saturated heterocycles. The molecule has 1 N–H and O–H groups in total. The van der Waals surface area contributed by atoms with E-state index in [0.717, 1.165) is 24.3 Å². The van der Waals surface area contributed by atoms with Crippen LogP contribution in [0.5, 0.6) is 5.75 Å². The van der Waals surface area contributed by atoms with Crippen LogP contribution >= 0.6 is 0 Å². The van der Waals surface area contributed by atoms with Crippen molar-refractivity contribution in [2.24, 2.45) is 0 Å². The van der Waals surface area contributed by atoms with Crippen molar-refractivity contribution in [1.82, 2.24) is 0 Å². The Labute approximate surface area is 111 Å². The third kappa shape index (κ3) is 6.65. The van der Waals surface area contributed by atoms with Crippen molar-refractivity contribution in [1.29, 1.82) is 0 Å². The number of hydrogen-bond donors (Lipinski definition) is 1. The Morgan fingerprint density at radius 2 is 1.72 bits per heavy atom. The molecule has 1 rings (SSSR count). The Morgan fingerprint density at radius 3 is 2.33 bits per heavy atom. The highest BCUT2D eigenvalue weighted by Gasteiger charge is 1.99. The van der Waals surface area contributed by atoms with Gasteiger partial charge in [0.1, 0.15) is 5.75 Å². The fraction of sp³-hybridized carbons (Fsp3) is 0.625. The molecule has 102 valence electrons. The minimum Gasteiger partial charge on any atom is -0.494 e. The van der Waals surface area contributed by atoms with Crippen molar-refractivity contribution in [2.75, 3.05) is 6.61 Å². The second-order valence-corrected chi connectivity index (χ2v) is 4.96. The monoisotopic (exact) mass is 250 g/mol. The first-order valence-corrected chi connectivity index (χ1v) is 7.12. The van der Waals surface area contributed by atoms with Gasteiger partial charge in [0, 0.05) is 0 Å². The van der Waals surface area contributed by atoms with E-state index in [1.165, 1.54) is 25.7 Å². The normalized spacial score (nSPS) is 12.4. The summed E-state index contributed by atoms with van der Waals surface area (Å²) in [7, 11) is 0. The van der Waals surface area contributed by atoms with Gasteiger partial charge in [-0.3, -0.25) is 0 Å². The molecule has 0 fully saturated rings. The maximum atomic E-state index is 9.29. The maximum absolute atomic E-state index is 9.29. The van der Waals surface area contributed by atoms with E-state index in [0.29, 0.717) is 6.42 Å². The van der Waals surface area contributed by atoms with Crippen molar-refractivity contribution >= 4 is 0 Å². The molecule has 1 atom stereocenters. The van der Waals surface area contributed by atoms with Crippen LogP contribution in [0.3, 0.4) is 0 Å². The van der Waals surface area contributed by atoms with E-state index >= 15 is 0 Å². The summed E-state index contributed by atoms with van der Waals surface area (Å²) in [6, 6.07) is 8.03. The average molecular weight is 250 g/mol. The van der Waals surface area contributed by atoms with E-state index in [1.807, 2.05) is 24.3 Å². The van der Waals surface area contributed by atoms with Crippen LogP contribution < -0.4 is 4.74 Å². The number of hydrogen-bond acceptors (Lipinski definition) is 2. The van der Waals surface area contributed by atoms with Crippen molar-refractivity contribution in [2.45, 2.75) is 58.5 Å². The molecule has 1 aromatic rings. The Morgan fingerprint density at radius 1 is 1.06 bits per heavy atom. The van der Waals surface area contributed by atoms with Crippen LogP contribution in [0.2, 0.25) is 0 Å². The summed E-state index contributed by atoms with van der Waals surface area (Å²) in [6.07, 6.45) is 6.74. The Kier molecular flexibility index (Phi) is 7.51. The second kappa shape index (κ2) is 8.98. The van der Waals surface area contributed by atoms with Crippen molar-refractivity contribution in [3.63, 3.8) is 0 Å². The van der Waals surface area contributed by atoms with Crippen molar-refractivity contribution < 1.29 is 9.84 Å². The molecule has 0 amide bonds. The quantitative estimate of drug-likeness (QED) is 0.672. The number of ether oxygens (including phenoxy) is 1. The molecule has 1 aromatic carbocycles. The Balaban J connectivity index is 2.18. The van der Waals surface area contributed by atoms with E-state index in [9.17, 15) is 5.11 Å². The highest BCUT2D eigenvalue weighted by Crippen LogP contribution is 2.14. The number of unbranched alkanes of at least 4 members (excludes halogenated alkanes) is 4. The molecule has 2 nitrogen and oxygen atoms in total. The van der Waals surface area contributed by atoms with Gasteiger partial charge < -0.3 is 9.84 Å². The molecular weight excluding hydrogens is 224 g/mol. The number of aliphatic hydroxyl groups excluding tert-OH is 1. The lowest BCUT2D eigenvalue weighted by atomic mass is 10.1. The molecule has 18 heavy (non-hydrogen) atoms. The number of aliphatic hydroxyl groups is 1. The topological polar surface area (TPSA) is 29.5 Å². The highest BCUT2D eigenvalue weighted by atomic mass is 16.5. The van der Waals surface area contributed by atoms with Crippen LogP contribution in [0.4, 0.5) is 0 Å². The first-order chi connectivity index (χ1) is 8.72. The van der Waals surface area contributed by atoms with Gasteiger partial charge in [-0.05, 0) is 37.5 Å². The first kappa shape index (κ1) is 15.0. The standard InChI is InChI=1S/C16H26O2/c1-3-4-5-6-7-12-18-16-10-8-15(9-11-16)13-14(2)17/h8-11,14,17H,3-7,12-13H2,1-2H3. The predicted molar refractivity (Wildman–Crippen MR) is 76.1 cm³/mol. The maximum Gasteiger partial charge on any atom is 0.119 e. The van der Waals surface area contributed by atoms with Gasteiger partial charge in [-0.15, -0.1) is 0 Å². The van der Waals surface area contributed by atoms with Gasteiger partial charge in [0.05, 0.1) is 12.7 Å². The van der Waals surface area contributed by atoms with E-state index in [4.69, 9.17) is 4.74 Å². The summed E-state index contributed by atoms with van der Waals surface area (Å²) in [4.78, 5) is 0. The molecule has 0 aliphatic rings. The second-order valence-electron chi connectivity index (χ2n) is 4.96. The molecule has 0 spiro atoms. The minimum atomic E-state index is -0.282. The summed E-state index contributed by atoms with van der Waals surface area (Å²) in [5, 5.41) is 9.29. The summed E-state index contributed by atoms with van der Waals surface area (Å²) in [5.74, 6) is 0.930. The molecule has 0 aromatic heterocycles. The van der Waals surface area contributed by atoms with Crippen molar-refractivity contribution in [3.05, 3.63) is 29.8 Å². The molecule has 0 saturated carbocycles.